The van der Waals surface area contributed by atoms with Crippen molar-refractivity contribution in [2.24, 2.45) is 0 Å². The number of carbonyl (C=O) groups is 1. The number of hydrogen-bond donors (Lipinski definition) is 2. The molecule has 1 aromatic rings. The molecule has 0 bridgehead atoms. The fourth-order valence-corrected chi connectivity index (χ4v) is 2.28. The summed E-state index contributed by atoms with van der Waals surface area (Å²) in [4.78, 5) is 13.2. The molecule has 1 saturated heterocycles. The summed E-state index contributed by atoms with van der Waals surface area (Å²) in [6.07, 6.45) is 0. The molecule has 2 rings (SSSR count). The molecule has 1 atom stereocenters. The van der Waals surface area contributed by atoms with Gasteiger partial charge in [-0.3, -0.25) is 4.79 Å². The number of carbonyl (C=O) groups excluding carboxylic acids is 1. The minimum Gasteiger partial charge on any atom is -0.357 e. The fourth-order valence-electron chi connectivity index (χ4n) is 2.28. The van der Waals surface area contributed by atoms with Crippen molar-refractivity contribution >= 4 is 11.6 Å². The molecular formula is C13H14F2N4O. The normalized spacial score (nSPS) is 18.5. The van der Waals surface area contributed by atoms with E-state index in [1.165, 1.54) is 11.9 Å². The third kappa shape index (κ3) is 2.56. The minimum absolute atomic E-state index is 0.0876. The number of likely N-dealkylation sites (N-methyl/N-ethyl adjacent to an activating group) is 1. The zero-order chi connectivity index (χ0) is 14.7. The van der Waals surface area contributed by atoms with E-state index in [0.29, 0.717) is 19.6 Å². The molecule has 7 heteroatoms. The van der Waals surface area contributed by atoms with E-state index in [1.54, 1.807) is 6.07 Å². The molecule has 20 heavy (non-hydrogen) atoms. The summed E-state index contributed by atoms with van der Waals surface area (Å²) in [5.74, 6) is -1.99. The van der Waals surface area contributed by atoms with Gasteiger partial charge in [-0.25, -0.2) is 8.78 Å². The van der Waals surface area contributed by atoms with Crippen molar-refractivity contribution < 1.29 is 13.6 Å². The molecule has 5 nitrogen and oxygen atoms in total. The van der Waals surface area contributed by atoms with Crippen molar-refractivity contribution in [1.29, 1.82) is 5.26 Å². The Morgan fingerprint density at radius 3 is 2.70 bits per heavy atom. The molecule has 0 radical (unpaired) electrons. The van der Waals surface area contributed by atoms with E-state index in [9.17, 15) is 13.6 Å². The van der Waals surface area contributed by atoms with Gasteiger partial charge in [-0.2, -0.15) is 5.26 Å². The second-order valence-electron chi connectivity index (χ2n) is 4.43. The van der Waals surface area contributed by atoms with Crippen LogP contribution in [0.5, 0.6) is 0 Å². The van der Waals surface area contributed by atoms with Crippen LogP contribution in [0.25, 0.3) is 0 Å². The van der Waals surface area contributed by atoms with E-state index < -0.39 is 17.7 Å². The Morgan fingerprint density at radius 1 is 1.50 bits per heavy atom. The number of nitrogens with zero attached hydrogens (tertiary/aromatic N) is 2. The topological polar surface area (TPSA) is 68.2 Å². The van der Waals surface area contributed by atoms with Gasteiger partial charge in [0.05, 0.1) is 11.6 Å². The second kappa shape index (κ2) is 5.84. The van der Waals surface area contributed by atoms with Gasteiger partial charge >= 0.3 is 0 Å². The van der Waals surface area contributed by atoms with E-state index in [-0.39, 0.29) is 17.2 Å². The molecule has 1 unspecified atom stereocenters. The average Bonchev–Trinajstić information content (AvgIpc) is 2.46. The molecule has 1 aliphatic heterocycles. The lowest BCUT2D eigenvalue weighted by molar-refractivity contribution is -0.122. The highest BCUT2D eigenvalue weighted by Gasteiger charge is 2.31. The molecule has 0 spiro atoms. The Labute approximate surface area is 115 Å². The molecule has 1 amide bonds. The van der Waals surface area contributed by atoms with Crippen molar-refractivity contribution in [1.82, 2.24) is 10.6 Å². The molecule has 0 aliphatic carbocycles. The van der Waals surface area contributed by atoms with Crippen LogP contribution in [0.2, 0.25) is 0 Å². The van der Waals surface area contributed by atoms with Gasteiger partial charge in [0.2, 0.25) is 5.91 Å². The van der Waals surface area contributed by atoms with E-state index in [4.69, 9.17) is 5.26 Å². The minimum atomic E-state index is -0.836. The number of anilines is 1. The number of rotatable bonds is 2. The Morgan fingerprint density at radius 2 is 2.15 bits per heavy atom. The highest BCUT2D eigenvalue weighted by Crippen LogP contribution is 2.27. The summed E-state index contributed by atoms with van der Waals surface area (Å²) in [6.45, 7) is 1.13. The van der Waals surface area contributed by atoms with Crippen molar-refractivity contribution in [2.75, 3.05) is 31.6 Å². The van der Waals surface area contributed by atoms with Gasteiger partial charge in [0, 0.05) is 26.7 Å². The maximum absolute atomic E-state index is 14.0. The molecular weight excluding hydrogens is 266 g/mol. The van der Waals surface area contributed by atoms with Crippen LogP contribution in [0.1, 0.15) is 5.56 Å². The fraction of sp³-hybridized carbons (Fsp3) is 0.385. The van der Waals surface area contributed by atoms with Gasteiger partial charge < -0.3 is 15.5 Å². The Hall–Kier alpha value is -2.20. The molecule has 1 fully saturated rings. The number of benzene rings is 1. The van der Waals surface area contributed by atoms with Gasteiger partial charge in [-0.1, -0.05) is 0 Å². The van der Waals surface area contributed by atoms with E-state index in [0.717, 1.165) is 12.1 Å². The van der Waals surface area contributed by atoms with E-state index in [1.807, 2.05) is 0 Å². The SMILES string of the molecule is CNC(=O)C1CNCCN1c1c(F)cc(C#N)cc1F. The quantitative estimate of drug-likeness (QED) is 0.821. The Kier molecular flexibility index (Phi) is 4.15. The van der Waals surface area contributed by atoms with Crippen LogP contribution < -0.4 is 15.5 Å². The second-order valence-corrected chi connectivity index (χ2v) is 4.43. The summed E-state index contributed by atoms with van der Waals surface area (Å²) >= 11 is 0. The van der Waals surface area contributed by atoms with Gasteiger partial charge in [0.15, 0.2) is 11.6 Å². The lowest BCUT2D eigenvalue weighted by Crippen LogP contribution is -2.58. The van der Waals surface area contributed by atoms with Gasteiger partial charge in [-0.15, -0.1) is 0 Å². The van der Waals surface area contributed by atoms with Gasteiger partial charge in [0.25, 0.3) is 0 Å². The van der Waals surface area contributed by atoms with Crippen LogP contribution in [0.3, 0.4) is 0 Å². The van der Waals surface area contributed by atoms with Crippen LogP contribution in [0.4, 0.5) is 14.5 Å². The summed E-state index contributed by atoms with van der Waals surface area (Å²) < 4.78 is 28.1. The highest BCUT2D eigenvalue weighted by atomic mass is 19.1. The van der Waals surface area contributed by atoms with Crippen molar-refractivity contribution in [3.05, 3.63) is 29.3 Å². The Balaban J connectivity index is 2.43. The van der Waals surface area contributed by atoms with Crippen LogP contribution in [-0.4, -0.2) is 38.6 Å². The largest absolute Gasteiger partial charge is 0.357 e. The number of halogens is 2. The number of hydrogen-bond acceptors (Lipinski definition) is 4. The molecule has 1 aromatic carbocycles. The zero-order valence-corrected chi connectivity index (χ0v) is 10.9. The smallest absolute Gasteiger partial charge is 0.243 e. The maximum atomic E-state index is 14.0. The molecule has 0 saturated carbocycles. The van der Waals surface area contributed by atoms with Crippen LogP contribution in [-0.2, 0) is 4.79 Å². The molecule has 1 aliphatic rings. The van der Waals surface area contributed by atoms with E-state index >= 15 is 0 Å². The van der Waals surface area contributed by atoms with Crippen molar-refractivity contribution in [2.45, 2.75) is 6.04 Å². The molecule has 106 valence electrons. The standard InChI is InChI=1S/C13H14F2N4O/c1-17-13(20)11-7-18-2-3-19(11)12-9(14)4-8(6-16)5-10(12)15/h4-5,11,18H,2-3,7H2,1H3,(H,17,20). The first-order chi connectivity index (χ1) is 9.58. The van der Waals surface area contributed by atoms with Crippen LogP contribution in [0, 0.1) is 23.0 Å². The first-order valence-corrected chi connectivity index (χ1v) is 6.16. The van der Waals surface area contributed by atoms with Crippen molar-refractivity contribution in [3.63, 3.8) is 0 Å². The lowest BCUT2D eigenvalue weighted by atomic mass is 10.1. The summed E-state index contributed by atoms with van der Waals surface area (Å²) in [5.41, 5.74) is -0.352. The third-order valence-corrected chi connectivity index (χ3v) is 3.23. The van der Waals surface area contributed by atoms with Crippen molar-refractivity contribution in [3.8, 4) is 6.07 Å². The monoisotopic (exact) mass is 280 g/mol. The molecule has 1 heterocycles. The first-order valence-electron chi connectivity index (χ1n) is 6.16. The molecule has 2 N–H and O–H groups in total. The summed E-state index contributed by atoms with van der Waals surface area (Å²) in [6, 6.07) is 2.95. The Bertz CT molecular complexity index is 547. The number of nitriles is 1. The summed E-state index contributed by atoms with van der Waals surface area (Å²) in [5, 5.41) is 14.2. The maximum Gasteiger partial charge on any atom is 0.243 e. The van der Waals surface area contributed by atoms with Crippen LogP contribution in [0.15, 0.2) is 12.1 Å². The van der Waals surface area contributed by atoms with Gasteiger partial charge in [-0.05, 0) is 12.1 Å². The number of piperazine rings is 1. The predicted molar refractivity (Wildman–Crippen MR) is 69.1 cm³/mol. The van der Waals surface area contributed by atoms with Gasteiger partial charge in [0.1, 0.15) is 11.7 Å². The zero-order valence-electron chi connectivity index (χ0n) is 10.9. The highest BCUT2D eigenvalue weighted by molar-refractivity contribution is 5.85. The molecule has 0 aromatic heterocycles. The number of nitrogens with one attached hydrogen (secondary N) is 2. The first kappa shape index (κ1) is 14.2. The third-order valence-electron chi connectivity index (χ3n) is 3.23. The average molecular weight is 280 g/mol. The van der Waals surface area contributed by atoms with E-state index in [2.05, 4.69) is 10.6 Å². The lowest BCUT2D eigenvalue weighted by Gasteiger charge is -2.36. The summed E-state index contributed by atoms with van der Waals surface area (Å²) in [7, 11) is 1.47. The van der Waals surface area contributed by atoms with Crippen LogP contribution >= 0.6 is 0 Å². The number of amides is 1. The predicted octanol–water partition coefficient (Wildman–Crippen LogP) is 0.361.